The summed E-state index contributed by atoms with van der Waals surface area (Å²) in [7, 11) is 4.80. The van der Waals surface area contributed by atoms with Crippen LogP contribution in [0.2, 0.25) is 5.02 Å². The van der Waals surface area contributed by atoms with Crippen LogP contribution in [0.4, 0.5) is 0 Å². The van der Waals surface area contributed by atoms with E-state index in [0.29, 0.717) is 22.3 Å². The highest BCUT2D eigenvalue weighted by atomic mass is 35.5. The lowest BCUT2D eigenvalue weighted by atomic mass is 9.97. The molecular formula is C16H18ClNO3. The van der Waals surface area contributed by atoms with Crippen LogP contribution in [0.1, 0.15) is 17.2 Å². The highest BCUT2D eigenvalue weighted by Crippen LogP contribution is 2.36. The predicted octanol–water partition coefficient (Wildman–Crippen LogP) is 3.41. The van der Waals surface area contributed by atoms with Crippen molar-refractivity contribution < 1.29 is 14.2 Å². The van der Waals surface area contributed by atoms with Gasteiger partial charge in [-0.2, -0.15) is 0 Å². The van der Waals surface area contributed by atoms with Crippen molar-refractivity contribution in [2.75, 3.05) is 21.3 Å². The molecule has 0 saturated carbocycles. The summed E-state index contributed by atoms with van der Waals surface area (Å²) < 4.78 is 16.0. The van der Waals surface area contributed by atoms with Crippen LogP contribution in [0, 0.1) is 0 Å². The van der Waals surface area contributed by atoms with Gasteiger partial charge in [-0.15, -0.1) is 0 Å². The molecule has 0 amide bonds. The summed E-state index contributed by atoms with van der Waals surface area (Å²) in [5, 5.41) is 0.605. The van der Waals surface area contributed by atoms with Crippen LogP contribution in [0.15, 0.2) is 36.4 Å². The smallest absolute Gasteiger partial charge is 0.127 e. The average Bonchev–Trinajstić information content (AvgIpc) is 2.53. The number of benzene rings is 2. The molecule has 0 aliphatic rings. The summed E-state index contributed by atoms with van der Waals surface area (Å²) in [6.45, 7) is 0. The van der Waals surface area contributed by atoms with E-state index < -0.39 is 6.04 Å². The average molecular weight is 308 g/mol. The molecule has 1 unspecified atom stereocenters. The molecule has 2 N–H and O–H groups in total. The molecule has 0 aliphatic heterocycles. The third kappa shape index (κ3) is 3.23. The van der Waals surface area contributed by atoms with Gasteiger partial charge in [0.2, 0.25) is 0 Å². The van der Waals surface area contributed by atoms with Crippen molar-refractivity contribution in [1.82, 2.24) is 0 Å². The molecule has 0 spiro atoms. The molecule has 0 bridgehead atoms. The number of halogens is 1. The van der Waals surface area contributed by atoms with Crippen molar-refractivity contribution in [3.63, 3.8) is 0 Å². The van der Waals surface area contributed by atoms with Gasteiger partial charge < -0.3 is 19.9 Å². The molecule has 2 aromatic carbocycles. The molecular weight excluding hydrogens is 290 g/mol. The lowest BCUT2D eigenvalue weighted by Crippen LogP contribution is -2.14. The summed E-state index contributed by atoms with van der Waals surface area (Å²) in [6.07, 6.45) is 0. The van der Waals surface area contributed by atoms with E-state index in [0.717, 1.165) is 11.1 Å². The molecule has 4 nitrogen and oxygen atoms in total. The van der Waals surface area contributed by atoms with Gasteiger partial charge in [0.05, 0.1) is 27.4 Å². The lowest BCUT2D eigenvalue weighted by Gasteiger charge is -2.19. The summed E-state index contributed by atoms with van der Waals surface area (Å²) in [5.41, 5.74) is 8.00. The number of ether oxygens (including phenoxy) is 3. The van der Waals surface area contributed by atoms with Crippen LogP contribution in [0.3, 0.4) is 0 Å². The quantitative estimate of drug-likeness (QED) is 0.919. The highest BCUT2D eigenvalue weighted by Gasteiger charge is 2.19. The van der Waals surface area contributed by atoms with Crippen molar-refractivity contribution >= 4 is 11.6 Å². The summed E-state index contributed by atoms with van der Waals surface area (Å²) in [5.74, 6) is 2.05. The predicted molar refractivity (Wildman–Crippen MR) is 83.6 cm³/mol. The number of hydrogen-bond acceptors (Lipinski definition) is 4. The Morgan fingerprint density at radius 2 is 1.57 bits per heavy atom. The fraction of sp³-hybridized carbons (Fsp3) is 0.250. The first-order valence-corrected chi connectivity index (χ1v) is 6.79. The van der Waals surface area contributed by atoms with Gasteiger partial charge in [-0.25, -0.2) is 0 Å². The van der Waals surface area contributed by atoms with E-state index in [9.17, 15) is 0 Å². The van der Waals surface area contributed by atoms with Crippen LogP contribution in [0.25, 0.3) is 0 Å². The molecule has 2 rings (SSSR count). The Bertz CT molecular complexity index is 631. The molecule has 1 atom stereocenters. The van der Waals surface area contributed by atoms with Gasteiger partial charge in [-0.05, 0) is 30.3 Å². The Morgan fingerprint density at radius 3 is 2.19 bits per heavy atom. The van der Waals surface area contributed by atoms with Crippen molar-refractivity contribution in [2.24, 2.45) is 5.73 Å². The largest absolute Gasteiger partial charge is 0.497 e. The van der Waals surface area contributed by atoms with Gasteiger partial charge in [0.15, 0.2) is 0 Å². The fourth-order valence-electron chi connectivity index (χ4n) is 2.19. The molecule has 0 aliphatic carbocycles. The highest BCUT2D eigenvalue weighted by molar-refractivity contribution is 6.30. The first kappa shape index (κ1) is 15.5. The number of rotatable bonds is 5. The molecule has 21 heavy (non-hydrogen) atoms. The SMILES string of the molecule is COc1ccc(C(N)c2cc(Cl)ccc2OC)c(OC)c1. The van der Waals surface area contributed by atoms with Crippen molar-refractivity contribution in [2.45, 2.75) is 6.04 Å². The van der Waals surface area contributed by atoms with Crippen molar-refractivity contribution in [1.29, 1.82) is 0 Å². The molecule has 2 aromatic rings. The minimum absolute atomic E-state index is 0.417. The molecule has 0 aromatic heterocycles. The molecule has 0 heterocycles. The Morgan fingerprint density at radius 1 is 0.857 bits per heavy atom. The Balaban J connectivity index is 2.49. The van der Waals surface area contributed by atoms with E-state index in [2.05, 4.69) is 0 Å². The Labute approximate surface area is 129 Å². The molecule has 5 heteroatoms. The van der Waals surface area contributed by atoms with Crippen molar-refractivity contribution in [3.8, 4) is 17.2 Å². The zero-order valence-electron chi connectivity index (χ0n) is 12.2. The van der Waals surface area contributed by atoms with E-state index in [4.69, 9.17) is 31.5 Å². The first-order valence-electron chi connectivity index (χ1n) is 6.41. The van der Waals surface area contributed by atoms with Gasteiger partial charge >= 0.3 is 0 Å². The first-order chi connectivity index (χ1) is 10.1. The molecule has 0 radical (unpaired) electrons. The van der Waals surface area contributed by atoms with Crippen LogP contribution >= 0.6 is 11.6 Å². The van der Waals surface area contributed by atoms with E-state index in [1.54, 1.807) is 45.6 Å². The maximum Gasteiger partial charge on any atom is 0.127 e. The standard InChI is InChI=1S/C16H18ClNO3/c1-19-11-5-6-12(15(9-11)21-3)16(18)13-8-10(17)4-7-14(13)20-2/h4-9,16H,18H2,1-3H3. The third-order valence-electron chi connectivity index (χ3n) is 3.30. The minimum Gasteiger partial charge on any atom is -0.497 e. The normalized spacial score (nSPS) is 11.9. The lowest BCUT2D eigenvalue weighted by molar-refractivity contribution is 0.388. The maximum absolute atomic E-state index is 6.37. The second-order valence-corrected chi connectivity index (χ2v) is 4.91. The van der Waals surface area contributed by atoms with Crippen LogP contribution in [-0.4, -0.2) is 21.3 Å². The van der Waals surface area contributed by atoms with Gasteiger partial charge in [0.25, 0.3) is 0 Å². The Kier molecular flexibility index (Phi) is 4.94. The van der Waals surface area contributed by atoms with E-state index in [1.165, 1.54) is 0 Å². The van der Waals surface area contributed by atoms with Crippen LogP contribution in [0.5, 0.6) is 17.2 Å². The minimum atomic E-state index is -0.417. The third-order valence-corrected chi connectivity index (χ3v) is 3.54. The van der Waals surface area contributed by atoms with Gasteiger partial charge in [0, 0.05) is 22.2 Å². The fourth-order valence-corrected chi connectivity index (χ4v) is 2.37. The van der Waals surface area contributed by atoms with Crippen LogP contribution in [-0.2, 0) is 0 Å². The maximum atomic E-state index is 6.37. The van der Waals surface area contributed by atoms with E-state index >= 15 is 0 Å². The number of nitrogens with two attached hydrogens (primary N) is 1. The summed E-state index contributed by atoms with van der Waals surface area (Å²) in [4.78, 5) is 0. The monoisotopic (exact) mass is 307 g/mol. The molecule has 112 valence electrons. The second kappa shape index (κ2) is 6.70. The van der Waals surface area contributed by atoms with Gasteiger partial charge in [0.1, 0.15) is 17.2 Å². The van der Waals surface area contributed by atoms with Crippen LogP contribution < -0.4 is 19.9 Å². The topological polar surface area (TPSA) is 53.7 Å². The number of methoxy groups -OCH3 is 3. The second-order valence-electron chi connectivity index (χ2n) is 4.47. The molecule has 0 fully saturated rings. The molecule has 0 saturated heterocycles. The van der Waals surface area contributed by atoms with E-state index in [1.807, 2.05) is 12.1 Å². The number of hydrogen-bond donors (Lipinski definition) is 1. The summed E-state index contributed by atoms with van der Waals surface area (Å²) in [6, 6.07) is 10.5. The van der Waals surface area contributed by atoms with Crippen molar-refractivity contribution in [3.05, 3.63) is 52.5 Å². The Hall–Kier alpha value is -1.91. The van der Waals surface area contributed by atoms with Gasteiger partial charge in [-0.1, -0.05) is 11.6 Å². The van der Waals surface area contributed by atoms with E-state index in [-0.39, 0.29) is 0 Å². The van der Waals surface area contributed by atoms with Gasteiger partial charge in [-0.3, -0.25) is 0 Å². The zero-order chi connectivity index (χ0) is 15.4. The zero-order valence-corrected chi connectivity index (χ0v) is 13.0. The summed E-state index contributed by atoms with van der Waals surface area (Å²) >= 11 is 6.06.